The van der Waals surface area contributed by atoms with Crippen LogP contribution in [0.1, 0.15) is 35.1 Å². The lowest BCUT2D eigenvalue weighted by Crippen LogP contribution is -2.38. The third-order valence-electron chi connectivity index (χ3n) is 5.94. The van der Waals surface area contributed by atoms with Gasteiger partial charge in [0.1, 0.15) is 6.07 Å². The van der Waals surface area contributed by atoms with Crippen LogP contribution in [0.3, 0.4) is 0 Å². The molecule has 4 rings (SSSR count). The van der Waals surface area contributed by atoms with Crippen LogP contribution < -0.4 is 10.2 Å². The third kappa shape index (κ3) is 3.86. The van der Waals surface area contributed by atoms with Crippen LogP contribution in [0.4, 0.5) is 11.4 Å². The average Bonchev–Trinajstić information content (AvgIpc) is 2.75. The molecule has 0 spiro atoms. The molecule has 1 amide bonds. The maximum Gasteiger partial charge on any atom is 0.227 e. The number of hydrogen-bond donors (Lipinski definition) is 1. The van der Waals surface area contributed by atoms with Gasteiger partial charge in [0.05, 0.1) is 16.8 Å². The summed E-state index contributed by atoms with van der Waals surface area (Å²) in [7, 11) is 0. The number of rotatable bonds is 3. The number of anilines is 2. The number of fused-ring (bicyclic) bond motifs is 1. The second-order valence-corrected chi connectivity index (χ2v) is 8.22. The largest absolute Gasteiger partial charge is 0.370 e. The molecular weight excluding hydrogens is 372 g/mol. The molecule has 3 aromatic rings. The van der Waals surface area contributed by atoms with Crippen LogP contribution in [0, 0.1) is 38.0 Å². The summed E-state index contributed by atoms with van der Waals surface area (Å²) in [5.41, 5.74) is 6.72. The van der Waals surface area contributed by atoms with Crippen molar-refractivity contribution in [2.75, 3.05) is 23.3 Å². The molecule has 2 aromatic carbocycles. The quantitative estimate of drug-likeness (QED) is 0.682. The Kier molecular flexibility index (Phi) is 5.41. The van der Waals surface area contributed by atoms with E-state index in [1.807, 2.05) is 45.0 Å². The fourth-order valence-corrected chi connectivity index (χ4v) is 4.27. The first-order valence-corrected chi connectivity index (χ1v) is 10.4. The summed E-state index contributed by atoms with van der Waals surface area (Å²) < 4.78 is 0. The number of nitrogens with zero attached hydrogens (tertiary/aromatic N) is 3. The highest BCUT2D eigenvalue weighted by atomic mass is 16.1. The summed E-state index contributed by atoms with van der Waals surface area (Å²) in [4.78, 5) is 19.5. The number of nitrogens with one attached hydrogen (secondary N) is 1. The maximum atomic E-state index is 12.8. The number of benzene rings is 2. The van der Waals surface area contributed by atoms with Gasteiger partial charge < -0.3 is 10.2 Å². The third-order valence-corrected chi connectivity index (χ3v) is 5.94. The summed E-state index contributed by atoms with van der Waals surface area (Å²) in [6.07, 6.45) is 3.18. The van der Waals surface area contributed by atoms with E-state index >= 15 is 0 Å². The van der Waals surface area contributed by atoms with Crippen LogP contribution in [-0.2, 0) is 4.79 Å². The summed E-state index contributed by atoms with van der Waals surface area (Å²) in [5.74, 6) is 0.0554. The fourth-order valence-electron chi connectivity index (χ4n) is 4.27. The van der Waals surface area contributed by atoms with Crippen LogP contribution in [0.5, 0.6) is 0 Å². The smallest absolute Gasteiger partial charge is 0.227 e. The molecule has 0 aliphatic carbocycles. The lowest BCUT2D eigenvalue weighted by molar-refractivity contribution is -0.120. The average molecular weight is 399 g/mol. The molecule has 0 unspecified atom stereocenters. The molecule has 1 aliphatic heterocycles. The Morgan fingerprint density at radius 2 is 1.80 bits per heavy atom. The number of aryl methyl sites for hydroxylation is 3. The SMILES string of the molecule is Cc1ccc(NC(=O)C2CCN(c3c(C#N)cnc4ccc(C)cc34)CC2)c(C)c1. The summed E-state index contributed by atoms with van der Waals surface area (Å²) >= 11 is 0. The van der Waals surface area contributed by atoms with Crippen LogP contribution in [0.15, 0.2) is 42.6 Å². The monoisotopic (exact) mass is 398 g/mol. The molecule has 1 saturated heterocycles. The Balaban J connectivity index is 1.52. The van der Waals surface area contributed by atoms with E-state index in [2.05, 4.69) is 33.4 Å². The van der Waals surface area contributed by atoms with Crippen molar-refractivity contribution in [3.63, 3.8) is 0 Å². The second-order valence-electron chi connectivity index (χ2n) is 8.22. The van der Waals surface area contributed by atoms with Gasteiger partial charge in [-0.05, 0) is 57.4 Å². The normalized spacial score (nSPS) is 14.5. The van der Waals surface area contributed by atoms with E-state index in [1.54, 1.807) is 6.20 Å². The van der Waals surface area contributed by atoms with Gasteiger partial charge in [0.25, 0.3) is 0 Å². The topological polar surface area (TPSA) is 69.0 Å². The minimum Gasteiger partial charge on any atom is -0.370 e. The predicted octanol–water partition coefficient (Wildman–Crippen LogP) is 4.89. The first kappa shape index (κ1) is 19.9. The molecule has 0 atom stereocenters. The zero-order valence-corrected chi connectivity index (χ0v) is 17.7. The highest BCUT2D eigenvalue weighted by molar-refractivity contribution is 5.96. The number of nitriles is 1. The fraction of sp³-hybridized carbons (Fsp3) is 0.320. The molecule has 0 bridgehead atoms. The van der Waals surface area contributed by atoms with Crippen molar-refractivity contribution >= 4 is 28.2 Å². The first-order chi connectivity index (χ1) is 14.5. The lowest BCUT2D eigenvalue weighted by atomic mass is 9.94. The molecule has 0 radical (unpaired) electrons. The molecule has 1 N–H and O–H groups in total. The zero-order chi connectivity index (χ0) is 21.3. The van der Waals surface area contributed by atoms with E-state index in [1.165, 1.54) is 5.56 Å². The Morgan fingerprint density at radius 3 is 2.50 bits per heavy atom. The van der Waals surface area contributed by atoms with Crippen LogP contribution >= 0.6 is 0 Å². The molecule has 152 valence electrons. The highest BCUT2D eigenvalue weighted by Crippen LogP contribution is 2.33. The van der Waals surface area contributed by atoms with Gasteiger partial charge in [-0.25, -0.2) is 0 Å². The van der Waals surface area contributed by atoms with E-state index < -0.39 is 0 Å². The summed E-state index contributed by atoms with van der Waals surface area (Å²) in [5, 5.41) is 13.8. The Morgan fingerprint density at radius 1 is 1.10 bits per heavy atom. The Hall–Kier alpha value is -3.39. The highest BCUT2D eigenvalue weighted by Gasteiger charge is 2.27. The van der Waals surface area contributed by atoms with E-state index in [4.69, 9.17) is 0 Å². The van der Waals surface area contributed by atoms with Gasteiger partial charge in [0.2, 0.25) is 5.91 Å². The van der Waals surface area contributed by atoms with E-state index in [0.717, 1.165) is 59.3 Å². The predicted molar refractivity (Wildman–Crippen MR) is 121 cm³/mol. The van der Waals surface area contributed by atoms with Gasteiger partial charge in [-0.3, -0.25) is 9.78 Å². The van der Waals surface area contributed by atoms with Crippen LogP contribution in [-0.4, -0.2) is 24.0 Å². The second kappa shape index (κ2) is 8.16. The lowest BCUT2D eigenvalue weighted by Gasteiger charge is -2.34. The van der Waals surface area contributed by atoms with Crippen molar-refractivity contribution in [3.05, 3.63) is 64.8 Å². The number of carbonyl (C=O) groups is 1. The minimum atomic E-state index is -0.0256. The van der Waals surface area contributed by atoms with Crippen molar-refractivity contribution in [2.24, 2.45) is 5.92 Å². The number of aromatic nitrogens is 1. The van der Waals surface area contributed by atoms with Gasteiger partial charge in [-0.15, -0.1) is 0 Å². The van der Waals surface area contributed by atoms with Crippen molar-refractivity contribution in [1.82, 2.24) is 4.98 Å². The van der Waals surface area contributed by atoms with Crippen molar-refractivity contribution in [2.45, 2.75) is 33.6 Å². The van der Waals surface area contributed by atoms with Crippen LogP contribution in [0.2, 0.25) is 0 Å². The molecule has 30 heavy (non-hydrogen) atoms. The van der Waals surface area contributed by atoms with E-state index in [9.17, 15) is 10.1 Å². The van der Waals surface area contributed by atoms with Crippen molar-refractivity contribution in [3.8, 4) is 6.07 Å². The summed E-state index contributed by atoms with van der Waals surface area (Å²) in [6.45, 7) is 7.60. The van der Waals surface area contributed by atoms with Gasteiger partial charge in [-0.1, -0.05) is 29.3 Å². The molecule has 5 heteroatoms. The summed E-state index contributed by atoms with van der Waals surface area (Å²) in [6, 6.07) is 14.5. The number of amides is 1. The zero-order valence-electron chi connectivity index (χ0n) is 17.7. The first-order valence-electron chi connectivity index (χ1n) is 10.4. The number of piperidine rings is 1. The Bertz CT molecular complexity index is 1150. The molecule has 2 heterocycles. The molecule has 1 fully saturated rings. The van der Waals surface area contributed by atoms with E-state index in [-0.39, 0.29) is 11.8 Å². The molecule has 1 aromatic heterocycles. The van der Waals surface area contributed by atoms with Gasteiger partial charge in [0.15, 0.2) is 0 Å². The number of pyridine rings is 1. The van der Waals surface area contributed by atoms with Crippen molar-refractivity contribution in [1.29, 1.82) is 5.26 Å². The van der Waals surface area contributed by atoms with Gasteiger partial charge in [-0.2, -0.15) is 5.26 Å². The molecule has 0 saturated carbocycles. The van der Waals surface area contributed by atoms with E-state index in [0.29, 0.717) is 5.56 Å². The number of carbonyl (C=O) groups excluding carboxylic acids is 1. The molecular formula is C25H26N4O. The standard InChI is InChI=1S/C25H26N4O/c1-16-4-6-22(18(3)12-16)28-25(30)19-8-10-29(11-9-19)24-20(14-26)15-27-23-7-5-17(2)13-21(23)24/h4-7,12-13,15,19H,8-11H2,1-3H3,(H,28,30). The minimum absolute atomic E-state index is 0.0256. The van der Waals surface area contributed by atoms with Gasteiger partial charge >= 0.3 is 0 Å². The van der Waals surface area contributed by atoms with Crippen molar-refractivity contribution < 1.29 is 4.79 Å². The molecule has 1 aliphatic rings. The number of hydrogen-bond acceptors (Lipinski definition) is 4. The maximum absolute atomic E-state index is 12.8. The van der Waals surface area contributed by atoms with Crippen LogP contribution in [0.25, 0.3) is 10.9 Å². The Labute approximate surface area is 177 Å². The molecule has 5 nitrogen and oxygen atoms in total. The van der Waals surface area contributed by atoms with Gasteiger partial charge in [0, 0.05) is 36.3 Å².